The molecular formula is C20H30N4O7. The highest BCUT2D eigenvalue weighted by molar-refractivity contribution is 5.85. The molecule has 172 valence electrons. The molecule has 2 saturated heterocycles. The largest absolute Gasteiger partial charge is 0.382 e. The van der Waals surface area contributed by atoms with Gasteiger partial charge in [-0.25, -0.2) is 9.59 Å². The number of urea groups is 2. The number of amides is 4. The number of fused-ring (bicyclic) bond motifs is 1. The van der Waals surface area contributed by atoms with E-state index in [4.69, 9.17) is 23.7 Å². The van der Waals surface area contributed by atoms with Crippen molar-refractivity contribution in [3.05, 3.63) is 35.9 Å². The molecule has 1 aromatic rings. The highest BCUT2D eigenvalue weighted by Gasteiger charge is 2.59. The summed E-state index contributed by atoms with van der Waals surface area (Å²) >= 11 is 0. The molecule has 11 nitrogen and oxygen atoms in total. The van der Waals surface area contributed by atoms with Gasteiger partial charge in [-0.3, -0.25) is 19.6 Å². The van der Waals surface area contributed by atoms with E-state index in [0.717, 1.165) is 5.56 Å². The van der Waals surface area contributed by atoms with E-state index in [1.807, 2.05) is 30.3 Å². The first-order valence-electron chi connectivity index (χ1n) is 9.85. The fourth-order valence-corrected chi connectivity index (χ4v) is 3.94. The smallest absolute Gasteiger partial charge is 0.327 e. The topological polar surface area (TPSA) is 93.2 Å². The van der Waals surface area contributed by atoms with E-state index in [9.17, 15) is 9.59 Å². The maximum absolute atomic E-state index is 13.2. The molecule has 0 bridgehead atoms. The molecule has 0 aromatic heterocycles. The normalized spacial score (nSPS) is 21.9. The number of carbonyl (C=O) groups excluding carboxylic acids is 2. The Morgan fingerprint density at radius 2 is 1.16 bits per heavy atom. The van der Waals surface area contributed by atoms with Crippen LogP contribution in [0, 0.1) is 0 Å². The zero-order chi connectivity index (χ0) is 22.4. The minimum Gasteiger partial charge on any atom is -0.382 e. The molecule has 0 spiro atoms. The molecule has 2 fully saturated rings. The van der Waals surface area contributed by atoms with Gasteiger partial charge in [-0.05, 0) is 5.56 Å². The minimum absolute atomic E-state index is 0.0189. The monoisotopic (exact) mass is 438 g/mol. The molecule has 0 aliphatic carbocycles. The van der Waals surface area contributed by atoms with Crippen LogP contribution in [0.2, 0.25) is 0 Å². The van der Waals surface area contributed by atoms with E-state index in [-0.39, 0.29) is 45.1 Å². The predicted molar refractivity (Wildman–Crippen MR) is 108 cm³/mol. The first kappa shape index (κ1) is 23.2. The average molecular weight is 438 g/mol. The number of carbonyl (C=O) groups is 2. The lowest BCUT2D eigenvalue weighted by molar-refractivity contribution is -0.0670. The molecule has 11 heteroatoms. The molecule has 3 atom stereocenters. The summed E-state index contributed by atoms with van der Waals surface area (Å²) < 4.78 is 27.1. The van der Waals surface area contributed by atoms with Gasteiger partial charge in [-0.15, -0.1) is 0 Å². The molecule has 0 saturated carbocycles. The zero-order valence-corrected chi connectivity index (χ0v) is 18.3. The Hall–Kier alpha value is -2.44. The quantitative estimate of drug-likeness (QED) is 0.485. The number of benzene rings is 1. The van der Waals surface area contributed by atoms with Crippen molar-refractivity contribution in [1.29, 1.82) is 0 Å². The Morgan fingerprint density at radius 1 is 0.710 bits per heavy atom. The third-order valence-electron chi connectivity index (χ3n) is 5.24. The van der Waals surface area contributed by atoms with Crippen LogP contribution in [0.5, 0.6) is 0 Å². The van der Waals surface area contributed by atoms with Crippen molar-refractivity contribution in [2.75, 3.05) is 62.0 Å². The van der Waals surface area contributed by atoms with Crippen LogP contribution in [0.1, 0.15) is 11.7 Å². The van der Waals surface area contributed by atoms with Crippen LogP contribution in [0.3, 0.4) is 0 Å². The summed E-state index contributed by atoms with van der Waals surface area (Å²) in [7, 11) is 6.08. The van der Waals surface area contributed by atoms with E-state index >= 15 is 0 Å². The Balaban J connectivity index is 1.85. The lowest BCUT2D eigenvalue weighted by atomic mass is 10.1. The first-order valence-corrected chi connectivity index (χ1v) is 9.85. The summed E-state index contributed by atoms with van der Waals surface area (Å²) in [5.41, 5.74) is 0.929. The molecule has 2 aliphatic heterocycles. The number of rotatable bonds is 12. The van der Waals surface area contributed by atoms with Gasteiger partial charge in [0.15, 0.2) is 12.3 Å². The van der Waals surface area contributed by atoms with Crippen molar-refractivity contribution in [3.8, 4) is 0 Å². The van der Waals surface area contributed by atoms with Gasteiger partial charge in [0.25, 0.3) is 0 Å². The standard InChI is InChI=1S/C20H30N4O7/c1-27-10-16(15-8-6-5-7-9-15)31-14-24-18-17(22(12-29-3)20(24)26)21(11-28-2)19(25)23(18)13-30-4/h5-9,16-18H,10-14H2,1-4H3. The number of hydrogen-bond donors (Lipinski definition) is 0. The van der Waals surface area contributed by atoms with E-state index in [1.54, 1.807) is 7.11 Å². The third-order valence-corrected chi connectivity index (χ3v) is 5.24. The summed E-state index contributed by atoms with van der Waals surface area (Å²) in [6.45, 7) is 0.338. The Labute approximate surface area is 181 Å². The lowest BCUT2D eigenvalue weighted by Crippen LogP contribution is -2.48. The van der Waals surface area contributed by atoms with Crippen molar-refractivity contribution in [2.24, 2.45) is 0 Å². The second kappa shape index (κ2) is 10.7. The predicted octanol–water partition coefficient (Wildman–Crippen LogP) is 1.29. The molecule has 1 aromatic carbocycles. The van der Waals surface area contributed by atoms with Crippen molar-refractivity contribution in [1.82, 2.24) is 19.6 Å². The molecule has 0 N–H and O–H groups in total. The minimum atomic E-state index is -0.621. The Kier molecular flexibility index (Phi) is 8.04. The van der Waals surface area contributed by atoms with E-state index in [2.05, 4.69) is 0 Å². The Bertz CT molecular complexity index is 733. The van der Waals surface area contributed by atoms with E-state index in [1.165, 1.54) is 40.9 Å². The van der Waals surface area contributed by atoms with Crippen molar-refractivity contribution < 1.29 is 33.3 Å². The molecule has 2 aliphatic rings. The third kappa shape index (κ3) is 4.60. The van der Waals surface area contributed by atoms with Crippen LogP contribution in [-0.2, 0) is 23.7 Å². The maximum Gasteiger partial charge on any atom is 0.327 e. The van der Waals surface area contributed by atoms with Gasteiger partial charge in [-0.1, -0.05) is 30.3 Å². The number of ether oxygens (including phenoxy) is 5. The molecule has 3 unspecified atom stereocenters. The fraction of sp³-hybridized carbons (Fsp3) is 0.600. The average Bonchev–Trinajstić information content (AvgIpc) is 3.19. The first-order chi connectivity index (χ1) is 15.1. The van der Waals surface area contributed by atoms with Gasteiger partial charge < -0.3 is 23.7 Å². The molecule has 31 heavy (non-hydrogen) atoms. The summed E-state index contributed by atoms with van der Waals surface area (Å²) in [6.07, 6.45) is -1.60. The number of methoxy groups -OCH3 is 4. The number of hydrogen-bond acceptors (Lipinski definition) is 7. The fourth-order valence-electron chi connectivity index (χ4n) is 3.94. The summed E-state index contributed by atoms with van der Waals surface area (Å²) in [6, 6.07) is 9.01. The van der Waals surface area contributed by atoms with Gasteiger partial charge in [-0.2, -0.15) is 0 Å². The van der Waals surface area contributed by atoms with Crippen LogP contribution < -0.4 is 0 Å². The van der Waals surface area contributed by atoms with Gasteiger partial charge >= 0.3 is 12.1 Å². The Morgan fingerprint density at radius 3 is 1.58 bits per heavy atom. The van der Waals surface area contributed by atoms with Crippen molar-refractivity contribution in [2.45, 2.75) is 18.4 Å². The van der Waals surface area contributed by atoms with Crippen LogP contribution in [-0.4, -0.2) is 106 Å². The molecule has 2 heterocycles. The molecule has 0 radical (unpaired) electrons. The van der Waals surface area contributed by atoms with Crippen LogP contribution in [0.4, 0.5) is 9.59 Å². The molecule has 3 rings (SSSR count). The van der Waals surface area contributed by atoms with Crippen LogP contribution in [0.15, 0.2) is 30.3 Å². The van der Waals surface area contributed by atoms with Gasteiger partial charge in [0, 0.05) is 28.4 Å². The molecular weight excluding hydrogens is 408 g/mol. The van der Waals surface area contributed by atoms with Crippen molar-refractivity contribution >= 4 is 12.1 Å². The van der Waals surface area contributed by atoms with Gasteiger partial charge in [0.05, 0.1) is 6.61 Å². The van der Waals surface area contributed by atoms with Gasteiger partial charge in [0.1, 0.15) is 33.0 Å². The number of nitrogens with zero attached hydrogens (tertiary/aromatic N) is 4. The highest BCUT2D eigenvalue weighted by Crippen LogP contribution is 2.35. The highest BCUT2D eigenvalue weighted by atomic mass is 16.5. The SMILES string of the molecule is COCC(OCN1C(=O)N(COC)C2C1N(COC)C(=O)N2COC)c1ccccc1. The van der Waals surface area contributed by atoms with Crippen LogP contribution in [0.25, 0.3) is 0 Å². The zero-order valence-electron chi connectivity index (χ0n) is 18.3. The summed E-state index contributed by atoms with van der Waals surface area (Å²) in [5, 5.41) is 0. The van der Waals surface area contributed by atoms with Crippen LogP contribution >= 0.6 is 0 Å². The lowest BCUT2D eigenvalue weighted by Gasteiger charge is -2.30. The van der Waals surface area contributed by atoms with E-state index < -0.39 is 12.3 Å². The van der Waals surface area contributed by atoms with Crippen molar-refractivity contribution in [3.63, 3.8) is 0 Å². The summed E-state index contributed by atoms with van der Waals surface area (Å²) in [5.74, 6) is 0. The van der Waals surface area contributed by atoms with Gasteiger partial charge in [0.2, 0.25) is 0 Å². The second-order valence-electron chi connectivity index (χ2n) is 7.18. The molecule has 4 amide bonds. The van der Waals surface area contributed by atoms with E-state index in [0.29, 0.717) is 6.61 Å². The maximum atomic E-state index is 13.2. The second-order valence-corrected chi connectivity index (χ2v) is 7.18. The summed E-state index contributed by atoms with van der Waals surface area (Å²) in [4.78, 5) is 32.2.